The Kier molecular flexibility index (Phi) is 7.95. The molecular formula is C14H19BrN2S. The van der Waals surface area contributed by atoms with Crippen LogP contribution in [-0.2, 0) is 0 Å². The van der Waals surface area contributed by atoms with Gasteiger partial charge in [0.15, 0.2) is 0 Å². The third-order valence-electron chi connectivity index (χ3n) is 2.69. The Bertz CT molecular complexity index is 401. The molecule has 1 rings (SSSR count). The average Bonchev–Trinajstić information content (AvgIpc) is 2.39. The lowest BCUT2D eigenvalue weighted by Crippen LogP contribution is -2.03. The number of nitrogens with zero attached hydrogens (tertiary/aromatic N) is 1. The molecular weight excluding hydrogens is 308 g/mol. The summed E-state index contributed by atoms with van der Waals surface area (Å²) in [6.45, 7) is 0.940. The first-order valence-electron chi connectivity index (χ1n) is 6.20. The van der Waals surface area contributed by atoms with Crippen LogP contribution in [-0.4, -0.2) is 18.6 Å². The Morgan fingerprint density at radius 2 is 2.06 bits per heavy atom. The zero-order valence-corrected chi connectivity index (χ0v) is 13.1. The van der Waals surface area contributed by atoms with Crippen molar-refractivity contribution in [1.29, 1.82) is 5.26 Å². The molecule has 1 N–H and O–H groups in total. The highest BCUT2D eigenvalue weighted by Gasteiger charge is 2.01. The number of halogens is 1. The fraction of sp³-hybridized carbons (Fsp3) is 0.500. The van der Waals surface area contributed by atoms with E-state index in [1.807, 2.05) is 30.0 Å². The SMILES string of the molecule is CSCCCCCCNc1ccc(Br)cc1C#N. The molecule has 1 aromatic rings. The molecule has 0 aliphatic rings. The van der Waals surface area contributed by atoms with E-state index in [0.29, 0.717) is 5.56 Å². The molecule has 0 fully saturated rings. The summed E-state index contributed by atoms with van der Waals surface area (Å²) >= 11 is 5.29. The van der Waals surface area contributed by atoms with Gasteiger partial charge >= 0.3 is 0 Å². The number of hydrogen-bond acceptors (Lipinski definition) is 3. The van der Waals surface area contributed by atoms with Gasteiger partial charge in [0, 0.05) is 11.0 Å². The molecule has 0 unspecified atom stereocenters. The Balaban J connectivity index is 2.25. The highest BCUT2D eigenvalue weighted by molar-refractivity contribution is 9.10. The lowest BCUT2D eigenvalue weighted by Gasteiger charge is -2.08. The van der Waals surface area contributed by atoms with Gasteiger partial charge in [-0.1, -0.05) is 28.8 Å². The van der Waals surface area contributed by atoms with Crippen LogP contribution in [0.4, 0.5) is 5.69 Å². The molecule has 0 aliphatic carbocycles. The Hall–Kier alpha value is -0.660. The van der Waals surface area contributed by atoms with Crippen molar-refractivity contribution in [3.05, 3.63) is 28.2 Å². The zero-order chi connectivity index (χ0) is 13.2. The van der Waals surface area contributed by atoms with Crippen molar-refractivity contribution in [2.24, 2.45) is 0 Å². The number of benzene rings is 1. The fourth-order valence-corrected chi connectivity index (χ4v) is 2.57. The van der Waals surface area contributed by atoms with Crippen LogP contribution in [0.25, 0.3) is 0 Å². The maximum absolute atomic E-state index is 9.03. The van der Waals surface area contributed by atoms with Crippen LogP contribution in [0, 0.1) is 11.3 Å². The molecule has 0 aromatic heterocycles. The molecule has 2 nitrogen and oxygen atoms in total. The van der Waals surface area contributed by atoms with E-state index in [2.05, 4.69) is 33.6 Å². The van der Waals surface area contributed by atoms with Gasteiger partial charge in [-0.15, -0.1) is 0 Å². The van der Waals surface area contributed by atoms with E-state index < -0.39 is 0 Å². The quantitative estimate of drug-likeness (QED) is 0.706. The van der Waals surface area contributed by atoms with E-state index in [1.54, 1.807) is 0 Å². The molecule has 0 aliphatic heterocycles. The number of hydrogen-bond donors (Lipinski definition) is 1. The van der Waals surface area contributed by atoms with Gasteiger partial charge in [0.1, 0.15) is 6.07 Å². The van der Waals surface area contributed by atoms with Crippen LogP contribution in [0.1, 0.15) is 31.2 Å². The second-order valence-electron chi connectivity index (χ2n) is 4.14. The van der Waals surface area contributed by atoms with Crippen LogP contribution >= 0.6 is 27.7 Å². The molecule has 0 radical (unpaired) electrons. The Morgan fingerprint density at radius 1 is 1.28 bits per heavy atom. The maximum atomic E-state index is 9.03. The number of nitrogens with one attached hydrogen (secondary N) is 1. The number of unbranched alkanes of at least 4 members (excludes halogenated alkanes) is 3. The van der Waals surface area contributed by atoms with Gasteiger partial charge in [-0.3, -0.25) is 0 Å². The van der Waals surface area contributed by atoms with E-state index in [-0.39, 0.29) is 0 Å². The molecule has 0 spiro atoms. The summed E-state index contributed by atoms with van der Waals surface area (Å²) in [6, 6.07) is 7.97. The van der Waals surface area contributed by atoms with E-state index in [0.717, 1.165) is 23.1 Å². The number of nitriles is 1. The Morgan fingerprint density at radius 3 is 2.78 bits per heavy atom. The smallest absolute Gasteiger partial charge is 0.101 e. The van der Waals surface area contributed by atoms with Crippen molar-refractivity contribution in [3.63, 3.8) is 0 Å². The molecule has 1 aromatic carbocycles. The summed E-state index contributed by atoms with van der Waals surface area (Å²) < 4.78 is 0.946. The zero-order valence-electron chi connectivity index (χ0n) is 10.7. The molecule has 0 saturated carbocycles. The molecule has 0 amide bonds. The van der Waals surface area contributed by atoms with Crippen LogP contribution in [0.5, 0.6) is 0 Å². The normalized spacial score (nSPS) is 10.1. The first kappa shape index (κ1) is 15.4. The predicted octanol–water partition coefficient (Wildman–Crippen LogP) is 4.66. The van der Waals surface area contributed by atoms with Gasteiger partial charge in [0.05, 0.1) is 11.3 Å². The van der Waals surface area contributed by atoms with Crippen molar-refractivity contribution in [1.82, 2.24) is 0 Å². The lowest BCUT2D eigenvalue weighted by atomic mass is 10.1. The monoisotopic (exact) mass is 326 g/mol. The largest absolute Gasteiger partial charge is 0.384 e. The minimum atomic E-state index is 0.701. The topological polar surface area (TPSA) is 35.8 Å². The molecule has 0 bridgehead atoms. The number of thioether (sulfide) groups is 1. The van der Waals surface area contributed by atoms with Crippen LogP contribution in [0.3, 0.4) is 0 Å². The number of rotatable bonds is 8. The van der Waals surface area contributed by atoms with E-state index in [9.17, 15) is 0 Å². The van der Waals surface area contributed by atoms with Gasteiger partial charge in [0.25, 0.3) is 0 Å². The molecule has 0 atom stereocenters. The van der Waals surface area contributed by atoms with Crippen LogP contribution in [0.15, 0.2) is 22.7 Å². The molecule has 18 heavy (non-hydrogen) atoms. The minimum absolute atomic E-state index is 0.701. The van der Waals surface area contributed by atoms with Crippen LogP contribution in [0.2, 0.25) is 0 Å². The maximum Gasteiger partial charge on any atom is 0.101 e. The van der Waals surface area contributed by atoms with Crippen molar-refractivity contribution in [2.45, 2.75) is 25.7 Å². The summed E-state index contributed by atoms with van der Waals surface area (Å²) in [7, 11) is 0. The summed E-state index contributed by atoms with van der Waals surface area (Å²) in [5.41, 5.74) is 1.64. The standard InChI is InChI=1S/C14H19BrN2S/c1-18-9-5-3-2-4-8-17-14-7-6-13(15)10-12(14)11-16/h6-7,10,17H,2-5,8-9H2,1H3. The minimum Gasteiger partial charge on any atom is -0.384 e. The summed E-state index contributed by atoms with van der Waals surface area (Å²) in [4.78, 5) is 0. The first-order chi connectivity index (χ1) is 8.77. The van der Waals surface area contributed by atoms with Gasteiger partial charge in [-0.2, -0.15) is 17.0 Å². The second-order valence-corrected chi connectivity index (χ2v) is 6.04. The summed E-state index contributed by atoms with van der Waals surface area (Å²) in [5.74, 6) is 1.26. The average molecular weight is 327 g/mol. The fourth-order valence-electron chi connectivity index (χ4n) is 1.71. The Labute approximate surface area is 122 Å². The van der Waals surface area contributed by atoms with Gasteiger partial charge in [0.2, 0.25) is 0 Å². The summed E-state index contributed by atoms with van der Waals surface area (Å²) in [6.07, 6.45) is 7.18. The predicted molar refractivity (Wildman–Crippen MR) is 84.2 cm³/mol. The molecule has 98 valence electrons. The number of anilines is 1. The van der Waals surface area contributed by atoms with Gasteiger partial charge in [-0.25, -0.2) is 0 Å². The van der Waals surface area contributed by atoms with Crippen molar-refractivity contribution in [2.75, 3.05) is 23.9 Å². The highest BCUT2D eigenvalue weighted by atomic mass is 79.9. The van der Waals surface area contributed by atoms with Crippen LogP contribution < -0.4 is 5.32 Å². The lowest BCUT2D eigenvalue weighted by molar-refractivity contribution is 0.689. The van der Waals surface area contributed by atoms with E-state index >= 15 is 0 Å². The second kappa shape index (κ2) is 9.29. The van der Waals surface area contributed by atoms with E-state index in [4.69, 9.17) is 5.26 Å². The van der Waals surface area contributed by atoms with Crippen molar-refractivity contribution >= 4 is 33.4 Å². The van der Waals surface area contributed by atoms with Crippen molar-refractivity contribution in [3.8, 4) is 6.07 Å². The third kappa shape index (κ3) is 5.79. The van der Waals surface area contributed by atoms with Crippen molar-refractivity contribution < 1.29 is 0 Å². The molecule has 0 saturated heterocycles. The van der Waals surface area contributed by atoms with E-state index in [1.165, 1.54) is 25.0 Å². The summed E-state index contributed by atoms with van der Waals surface area (Å²) in [5, 5.41) is 12.4. The first-order valence-corrected chi connectivity index (χ1v) is 8.39. The van der Waals surface area contributed by atoms with Gasteiger partial charge in [-0.05, 0) is 43.0 Å². The third-order valence-corrected chi connectivity index (χ3v) is 3.88. The van der Waals surface area contributed by atoms with Gasteiger partial charge < -0.3 is 5.32 Å². The molecule has 0 heterocycles. The highest BCUT2D eigenvalue weighted by Crippen LogP contribution is 2.20. The molecule has 4 heteroatoms.